The fourth-order valence-electron chi connectivity index (χ4n) is 1.81. The number of fused-ring (bicyclic) bond motifs is 1. The van der Waals surface area contributed by atoms with Crippen molar-refractivity contribution in [3.63, 3.8) is 0 Å². The second kappa shape index (κ2) is 6.34. The van der Waals surface area contributed by atoms with Crippen LogP contribution in [0.3, 0.4) is 0 Å². The Bertz CT molecular complexity index is 610. The molecule has 0 amide bonds. The van der Waals surface area contributed by atoms with Crippen molar-refractivity contribution in [3.05, 3.63) is 36.0 Å². The van der Waals surface area contributed by atoms with E-state index in [1.54, 1.807) is 0 Å². The molecule has 0 aliphatic carbocycles. The third kappa shape index (κ3) is 3.45. The molecule has 0 bridgehead atoms. The van der Waals surface area contributed by atoms with Crippen LogP contribution in [0.1, 0.15) is 24.3 Å². The molecule has 1 aromatic heterocycles. The largest absolute Gasteiger partial charge is 0.477 e. The fraction of sp³-hybridized carbons (Fsp3) is 0.333. The van der Waals surface area contributed by atoms with Crippen LogP contribution < -0.4 is 4.74 Å². The summed E-state index contributed by atoms with van der Waals surface area (Å²) in [6.45, 7) is 4.65. The molecule has 0 saturated heterocycles. The lowest BCUT2D eigenvalue weighted by Crippen LogP contribution is -2.12. The molecule has 0 saturated carbocycles. The Morgan fingerprint density at radius 3 is 2.75 bits per heavy atom. The standard InChI is InChI=1S/C15H17NO4/c1-10(2)19-7-8-20-14-12-6-4-3-5-11(12)9-13(16-14)15(17)18/h3-6,9-10H,7-8H2,1-2H3,(H,17,18). The Morgan fingerprint density at radius 1 is 1.30 bits per heavy atom. The molecule has 2 aromatic rings. The number of nitrogens with zero attached hydrogens (tertiary/aromatic N) is 1. The first-order valence-corrected chi connectivity index (χ1v) is 6.45. The van der Waals surface area contributed by atoms with Gasteiger partial charge < -0.3 is 14.6 Å². The van der Waals surface area contributed by atoms with Gasteiger partial charge in [-0.1, -0.05) is 18.2 Å². The Hall–Kier alpha value is -2.14. The number of aromatic carboxylic acids is 1. The molecule has 0 unspecified atom stereocenters. The number of benzene rings is 1. The Kier molecular flexibility index (Phi) is 4.53. The Balaban J connectivity index is 2.23. The van der Waals surface area contributed by atoms with E-state index in [2.05, 4.69) is 4.98 Å². The maximum atomic E-state index is 11.1. The zero-order valence-corrected chi connectivity index (χ0v) is 11.5. The molecule has 106 valence electrons. The van der Waals surface area contributed by atoms with E-state index in [0.29, 0.717) is 19.1 Å². The summed E-state index contributed by atoms with van der Waals surface area (Å²) < 4.78 is 10.9. The maximum absolute atomic E-state index is 11.1. The lowest BCUT2D eigenvalue weighted by molar-refractivity contribution is 0.0544. The van der Waals surface area contributed by atoms with E-state index in [0.717, 1.165) is 10.8 Å². The molecule has 0 spiro atoms. The average molecular weight is 275 g/mol. The van der Waals surface area contributed by atoms with Gasteiger partial charge in [0.05, 0.1) is 12.7 Å². The van der Waals surface area contributed by atoms with Crippen LogP contribution in [0, 0.1) is 0 Å². The van der Waals surface area contributed by atoms with Gasteiger partial charge in [0.15, 0.2) is 5.69 Å². The summed E-state index contributed by atoms with van der Waals surface area (Å²) in [6.07, 6.45) is 0.133. The average Bonchev–Trinajstić information content (AvgIpc) is 2.42. The number of ether oxygens (including phenoxy) is 2. The summed E-state index contributed by atoms with van der Waals surface area (Å²) in [5.41, 5.74) is -0.0246. The van der Waals surface area contributed by atoms with Gasteiger partial charge in [-0.3, -0.25) is 0 Å². The van der Waals surface area contributed by atoms with E-state index in [1.807, 2.05) is 38.1 Å². The van der Waals surface area contributed by atoms with E-state index in [-0.39, 0.29) is 11.8 Å². The summed E-state index contributed by atoms with van der Waals surface area (Å²) in [5, 5.41) is 10.7. The number of hydrogen-bond acceptors (Lipinski definition) is 4. The Morgan fingerprint density at radius 2 is 2.05 bits per heavy atom. The number of aromatic nitrogens is 1. The molecule has 1 N–H and O–H groups in total. The molecule has 0 aliphatic rings. The third-order valence-corrected chi connectivity index (χ3v) is 2.70. The van der Waals surface area contributed by atoms with Crippen molar-refractivity contribution in [3.8, 4) is 5.88 Å². The summed E-state index contributed by atoms with van der Waals surface area (Å²) >= 11 is 0. The fourth-order valence-corrected chi connectivity index (χ4v) is 1.81. The van der Waals surface area contributed by atoms with Crippen LogP contribution in [0.15, 0.2) is 30.3 Å². The molecule has 20 heavy (non-hydrogen) atoms. The van der Waals surface area contributed by atoms with Crippen LogP contribution >= 0.6 is 0 Å². The van der Waals surface area contributed by atoms with E-state index in [1.165, 1.54) is 6.07 Å². The maximum Gasteiger partial charge on any atom is 0.354 e. The summed E-state index contributed by atoms with van der Waals surface area (Å²) in [6, 6.07) is 8.93. The van der Waals surface area contributed by atoms with Crippen molar-refractivity contribution in [2.45, 2.75) is 20.0 Å². The molecule has 2 rings (SSSR count). The van der Waals surface area contributed by atoms with E-state index >= 15 is 0 Å². The van der Waals surface area contributed by atoms with E-state index in [4.69, 9.17) is 14.6 Å². The van der Waals surface area contributed by atoms with Gasteiger partial charge in [0.2, 0.25) is 5.88 Å². The number of carbonyl (C=O) groups is 1. The lowest BCUT2D eigenvalue weighted by Gasteiger charge is -2.11. The number of hydrogen-bond donors (Lipinski definition) is 1. The molecule has 0 atom stereocenters. The van der Waals surface area contributed by atoms with E-state index in [9.17, 15) is 4.79 Å². The van der Waals surface area contributed by atoms with Gasteiger partial charge in [-0.2, -0.15) is 0 Å². The van der Waals surface area contributed by atoms with Gasteiger partial charge in [0.1, 0.15) is 6.61 Å². The minimum Gasteiger partial charge on any atom is -0.477 e. The predicted octanol–water partition coefficient (Wildman–Crippen LogP) is 2.74. The molecule has 1 heterocycles. The van der Waals surface area contributed by atoms with Crippen LogP contribution in [0.2, 0.25) is 0 Å². The molecule has 5 heteroatoms. The number of pyridine rings is 1. The number of carboxylic acid groups (broad SMARTS) is 1. The Labute approximate surface area is 117 Å². The minimum atomic E-state index is -1.07. The highest BCUT2D eigenvalue weighted by atomic mass is 16.5. The smallest absolute Gasteiger partial charge is 0.354 e. The summed E-state index contributed by atoms with van der Waals surface area (Å²) in [5.74, 6) is -0.744. The van der Waals surface area contributed by atoms with Crippen molar-refractivity contribution < 1.29 is 19.4 Å². The monoisotopic (exact) mass is 275 g/mol. The zero-order chi connectivity index (χ0) is 14.5. The van der Waals surface area contributed by atoms with Crippen LogP contribution in [0.4, 0.5) is 0 Å². The van der Waals surface area contributed by atoms with Gasteiger partial charge in [-0.25, -0.2) is 9.78 Å². The van der Waals surface area contributed by atoms with Crippen LogP contribution in [-0.4, -0.2) is 35.4 Å². The van der Waals surface area contributed by atoms with Gasteiger partial charge in [-0.15, -0.1) is 0 Å². The molecule has 5 nitrogen and oxygen atoms in total. The van der Waals surface area contributed by atoms with Crippen LogP contribution in [0.5, 0.6) is 5.88 Å². The summed E-state index contributed by atoms with van der Waals surface area (Å²) in [7, 11) is 0. The lowest BCUT2D eigenvalue weighted by atomic mass is 10.1. The van der Waals surface area contributed by atoms with Crippen molar-refractivity contribution in [2.24, 2.45) is 0 Å². The normalized spacial score (nSPS) is 10.9. The van der Waals surface area contributed by atoms with Crippen molar-refractivity contribution >= 4 is 16.7 Å². The molecule has 0 fully saturated rings. The molecule has 1 aromatic carbocycles. The summed E-state index contributed by atoms with van der Waals surface area (Å²) in [4.78, 5) is 15.1. The molecular weight excluding hydrogens is 258 g/mol. The predicted molar refractivity (Wildman–Crippen MR) is 75.3 cm³/mol. The van der Waals surface area contributed by atoms with Gasteiger partial charge in [0.25, 0.3) is 0 Å². The minimum absolute atomic E-state index is 0.0246. The van der Waals surface area contributed by atoms with Crippen LogP contribution in [0.25, 0.3) is 10.8 Å². The van der Waals surface area contributed by atoms with Gasteiger partial charge in [0, 0.05) is 5.39 Å². The first kappa shape index (κ1) is 14.3. The first-order valence-electron chi connectivity index (χ1n) is 6.45. The second-order valence-electron chi connectivity index (χ2n) is 4.61. The topological polar surface area (TPSA) is 68.7 Å². The first-order chi connectivity index (χ1) is 9.58. The van der Waals surface area contributed by atoms with Crippen LogP contribution in [-0.2, 0) is 4.74 Å². The van der Waals surface area contributed by atoms with E-state index < -0.39 is 5.97 Å². The van der Waals surface area contributed by atoms with Gasteiger partial charge in [-0.05, 0) is 31.4 Å². The molecular formula is C15H17NO4. The highest BCUT2D eigenvalue weighted by Gasteiger charge is 2.11. The van der Waals surface area contributed by atoms with Crippen molar-refractivity contribution in [1.82, 2.24) is 4.98 Å². The quantitative estimate of drug-likeness (QED) is 0.821. The zero-order valence-electron chi connectivity index (χ0n) is 11.5. The molecule has 0 radical (unpaired) electrons. The number of rotatable bonds is 6. The van der Waals surface area contributed by atoms with Crippen molar-refractivity contribution in [2.75, 3.05) is 13.2 Å². The highest BCUT2D eigenvalue weighted by molar-refractivity contribution is 5.94. The molecule has 0 aliphatic heterocycles. The number of carboxylic acids is 1. The second-order valence-corrected chi connectivity index (χ2v) is 4.61. The highest BCUT2D eigenvalue weighted by Crippen LogP contribution is 2.24. The van der Waals surface area contributed by atoms with Crippen molar-refractivity contribution in [1.29, 1.82) is 0 Å². The SMILES string of the molecule is CC(C)OCCOc1nc(C(=O)O)cc2ccccc12. The third-order valence-electron chi connectivity index (χ3n) is 2.70. The van der Waals surface area contributed by atoms with Gasteiger partial charge >= 0.3 is 5.97 Å².